The first kappa shape index (κ1) is 32.0. The second-order valence-corrected chi connectivity index (χ2v) is 14.5. The number of hydrogen-bond donors (Lipinski definition) is 0. The number of anilines is 3. The van der Waals surface area contributed by atoms with Gasteiger partial charge in [0.2, 0.25) is 0 Å². The SMILES string of the molecule is c1ccc(-c2cc3oc4ccccc4c3c3ccc(-c4cccc(N(c5ccccc5)c5ccc(-c6ccc7c(ccc8ccccc87)c6)cc5)c4)cc23)cc1. The minimum Gasteiger partial charge on any atom is -0.456 e. The van der Waals surface area contributed by atoms with Gasteiger partial charge in [-0.3, -0.25) is 0 Å². The first-order valence-corrected chi connectivity index (χ1v) is 19.2. The molecular formula is C54H35NO. The summed E-state index contributed by atoms with van der Waals surface area (Å²) in [7, 11) is 0. The Morgan fingerprint density at radius 3 is 1.71 bits per heavy atom. The predicted molar refractivity (Wildman–Crippen MR) is 237 cm³/mol. The molecule has 0 saturated carbocycles. The maximum Gasteiger partial charge on any atom is 0.136 e. The second kappa shape index (κ2) is 13.2. The van der Waals surface area contributed by atoms with E-state index in [0.717, 1.165) is 55.7 Å². The van der Waals surface area contributed by atoms with Gasteiger partial charge in [-0.2, -0.15) is 0 Å². The Labute approximate surface area is 325 Å². The number of hydrogen-bond acceptors (Lipinski definition) is 2. The molecule has 0 aliphatic carbocycles. The fourth-order valence-electron chi connectivity index (χ4n) is 8.52. The molecule has 0 N–H and O–H groups in total. The van der Waals surface area contributed by atoms with Crippen molar-refractivity contribution in [2.45, 2.75) is 0 Å². The molecular weight excluding hydrogens is 679 g/mol. The van der Waals surface area contributed by atoms with E-state index in [2.05, 4.69) is 211 Å². The summed E-state index contributed by atoms with van der Waals surface area (Å²) in [6, 6.07) is 76.5. The van der Waals surface area contributed by atoms with Crippen LogP contribution in [0.3, 0.4) is 0 Å². The monoisotopic (exact) mass is 713 g/mol. The fourth-order valence-corrected chi connectivity index (χ4v) is 8.52. The molecule has 2 heteroatoms. The van der Waals surface area contributed by atoms with Gasteiger partial charge in [-0.1, -0.05) is 152 Å². The smallest absolute Gasteiger partial charge is 0.136 e. The van der Waals surface area contributed by atoms with Crippen LogP contribution in [0, 0.1) is 0 Å². The van der Waals surface area contributed by atoms with E-state index >= 15 is 0 Å². The molecule has 0 fully saturated rings. The first-order chi connectivity index (χ1) is 27.7. The highest BCUT2D eigenvalue weighted by molar-refractivity contribution is 6.22. The van der Waals surface area contributed by atoms with Crippen LogP contribution in [0.1, 0.15) is 0 Å². The topological polar surface area (TPSA) is 16.4 Å². The maximum atomic E-state index is 6.42. The molecule has 0 radical (unpaired) electrons. The van der Waals surface area contributed by atoms with Crippen molar-refractivity contribution in [2.75, 3.05) is 4.90 Å². The van der Waals surface area contributed by atoms with Gasteiger partial charge in [0.1, 0.15) is 11.2 Å². The Kier molecular flexibility index (Phi) is 7.53. The van der Waals surface area contributed by atoms with Crippen LogP contribution in [0.15, 0.2) is 217 Å². The molecule has 2 nitrogen and oxygen atoms in total. The lowest BCUT2D eigenvalue weighted by molar-refractivity contribution is 0.669. The van der Waals surface area contributed by atoms with Crippen molar-refractivity contribution < 1.29 is 4.42 Å². The van der Waals surface area contributed by atoms with E-state index in [0.29, 0.717) is 0 Å². The highest BCUT2D eigenvalue weighted by atomic mass is 16.3. The van der Waals surface area contributed by atoms with Crippen LogP contribution >= 0.6 is 0 Å². The van der Waals surface area contributed by atoms with Crippen LogP contribution in [0.2, 0.25) is 0 Å². The molecule has 0 saturated heterocycles. The molecule has 0 aliphatic rings. The zero-order valence-corrected chi connectivity index (χ0v) is 30.6. The van der Waals surface area contributed by atoms with Gasteiger partial charge in [0.05, 0.1) is 0 Å². The summed E-state index contributed by atoms with van der Waals surface area (Å²) in [5.74, 6) is 0. The van der Waals surface area contributed by atoms with Gasteiger partial charge < -0.3 is 9.32 Å². The van der Waals surface area contributed by atoms with Gasteiger partial charge >= 0.3 is 0 Å². The van der Waals surface area contributed by atoms with E-state index in [4.69, 9.17) is 4.42 Å². The average molecular weight is 714 g/mol. The van der Waals surface area contributed by atoms with Crippen LogP contribution in [0.5, 0.6) is 0 Å². The van der Waals surface area contributed by atoms with Gasteiger partial charge in [0.25, 0.3) is 0 Å². The zero-order chi connectivity index (χ0) is 37.0. The zero-order valence-electron chi connectivity index (χ0n) is 30.6. The van der Waals surface area contributed by atoms with Crippen molar-refractivity contribution in [3.8, 4) is 33.4 Å². The van der Waals surface area contributed by atoms with Crippen LogP contribution in [-0.2, 0) is 0 Å². The summed E-state index contributed by atoms with van der Waals surface area (Å²) in [6.45, 7) is 0. The minimum atomic E-state index is 0.908. The number of rotatable bonds is 6. The molecule has 0 bridgehead atoms. The fraction of sp³-hybridized carbons (Fsp3) is 0. The Hall–Kier alpha value is -7.42. The minimum absolute atomic E-state index is 0.908. The first-order valence-electron chi connectivity index (χ1n) is 19.2. The highest BCUT2D eigenvalue weighted by Crippen LogP contribution is 2.43. The van der Waals surface area contributed by atoms with Crippen LogP contribution < -0.4 is 4.90 Å². The van der Waals surface area contributed by atoms with Crippen molar-refractivity contribution in [3.63, 3.8) is 0 Å². The Balaban J connectivity index is 1.01. The van der Waals surface area contributed by atoms with E-state index in [1.807, 2.05) is 6.07 Å². The summed E-state index contributed by atoms with van der Waals surface area (Å²) in [4.78, 5) is 2.34. The van der Waals surface area contributed by atoms with Crippen molar-refractivity contribution in [2.24, 2.45) is 0 Å². The molecule has 0 aliphatic heterocycles. The number of nitrogens with zero attached hydrogens (tertiary/aromatic N) is 1. The van der Waals surface area contributed by atoms with Gasteiger partial charge in [-0.05, 0) is 126 Å². The van der Waals surface area contributed by atoms with E-state index < -0.39 is 0 Å². The third-order valence-electron chi connectivity index (χ3n) is 11.2. The lowest BCUT2D eigenvalue weighted by Gasteiger charge is -2.26. The maximum absolute atomic E-state index is 6.42. The molecule has 56 heavy (non-hydrogen) atoms. The number of benzene rings is 10. The van der Waals surface area contributed by atoms with Crippen molar-refractivity contribution >= 4 is 71.3 Å². The summed E-state index contributed by atoms with van der Waals surface area (Å²) in [5.41, 5.74) is 12.2. The van der Waals surface area contributed by atoms with E-state index in [9.17, 15) is 0 Å². The predicted octanol–water partition coefficient (Wildman–Crippen LogP) is 15.5. The largest absolute Gasteiger partial charge is 0.456 e. The van der Waals surface area contributed by atoms with Crippen LogP contribution in [0.25, 0.3) is 87.6 Å². The average Bonchev–Trinajstić information content (AvgIpc) is 3.66. The van der Waals surface area contributed by atoms with E-state index in [-0.39, 0.29) is 0 Å². The normalized spacial score (nSPS) is 11.6. The number of fused-ring (bicyclic) bond motifs is 8. The molecule has 0 spiro atoms. The molecule has 1 aromatic heterocycles. The van der Waals surface area contributed by atoms with Crippen molar-refractivity contribution in [3.05, 3.63) is 212 Å². The molecule has 1 heterocycles. The van der Waals surface area contributed by atoms with Gasteiger partial charge in [0.15, 0.2) is 0 Å². The van der Waals surface area contributed by atoms with Crippen molar-refractivity contribution in [1.82, 2.24) is 0 Å². The second-order valence-electron chi connectivity index (χ2n) is 14.5. The number of para-hydroxylation sites is 2. The van der Waals surface area contributed by atoms with E-state index in [1.54, 1.807) is 0 Å². The van der Waals surface area contributed by atoms with Gasteiger partial charge in [-0.25, -0.2) is 0 Å². The summed E-state index contributed by atoms with van der Waals surface area (Å²) >= 11 is 0. The Morgan fingerprint density at radius 1 is 0.286 bits per heavy atom. The third-order valence-corrected chi connectivity index (χ3v) is 11.2. The quantitative estimate of drug-likeness (QED) is 0.160. The molecule has 0 amide bonds. The molecule has 11 aromatic rings. The lowest BCUT2D eigenvalue weighted by Crippen LogP contribution is -2.09. The molecule has 262 valence electrons. The lowest BCUT2D eigenvalue weighted by atomic mass is 9.92. The third kappa shape index (κ3) is 5.42. The highest BCUT2D eigenvalue weighted by Gasteiger charge is 2.17. The van der Waals surface area contributed by atoms with E-state index in [1.165, 1.54) is 49.0 Å². The van der Waals surface area contributed by atoms with Crippen molar-refractivity contribution in [1.29, 1.82) is 0 Å². The Morgan fingerprint density at radius 2 is 0.875 bits per heavy atom. The molecule has 0 atom stereocenters. The van der Waals surface area contributed by atoms with Gasteiger partial charge in [0, 0.05) is 27.8 Å². The van der Waals surface area contributed by atoms with Crippen LogP contribution in [0.4, 0.5) is 17.1 Å². The summed E-state index contributed by atoms with van der Waals surface area (Å²) in [6.07, 6.45) is 0. The number of furan rings is 1. The molecule has 0 unspecified atom stereocenters. The van der Waals surface area contributed by atoms with Gasteiger partial charge in [-0.15, -0.1) is 0 Å². The standard InChI is InChI=1S/C54H35NO/c1-3-12-37(13-4-1)50-35-53-54(49-20-9-10-21-52(49)56-53)48-31-27-41(34-51(48)50)39-15-11-18-45(33-39)55(43-16-5-2-6-17-43)44-28-24-36(25-29-44)40-26-30-47-42(32-40)23-22-38-14-7-8-19-46(38)47/h1-35H. The molecule has 10 aromatic carbocycles. The molecule has 11 rings (SSSR count). The Bertz CT molecular complexity index is 3230. The summed E-state index contributed by atoms with van der Waals surface area (Å²) < 4.78 is 6.42. The van der Waals surface area contributed by atoms with Crippen LogP contribution in [-0.4, -0.2) is 0 Å². The summed E-state index contributed by atoms with van der Waals surface area (Å²) in [5, 5.41) is 9.78.